The zero-order chi connectivity index (χ0) is 11.1. The highest BCUT2D eigenvalue weighted by atomic mass is 16.5. The molecule has 0 aliphatic carbocycles. The van der Waals surface area contributed by atoms with Crippen molar-refractivity contribution in [2.45, 2.75) is 32.7 Å². The van der Waals surface area contributed by atoms with Gasteiger partial charge in [-0.15, -0.1) is 0 Å². The van der Waals surface area contributed by atoms with Crippen molar-refractivity contribution in [3.05, 3.63) is 17.8 Å². The van der Waals surface area contributed by atoms with E-state index in [9.17, 15) is 0 Å². The first-order chi connectivity index (χ1) is 7.02. The second-order valence-electron chi connectivity index (χ2n) is 4.93. The fraction of sp³-hybridized carbons (Fsp3) is 0.583. The molecule has 0 radical (unpaired) electrons. The van der Waals surface area contributed by atoms with E-state index in [4.69, 9.17) is 4.74 Å². The second-order valence-corrected chi connectivity index (χ2v) is 4.93. The Kier molecular flexibility index (Phi) is 2.33. The molecule has 1 aliphatic heterocycles. The zero-order valence-corrected chi connectivity index (χ0v) is 9.87. The molecule has 0 N–H and O–H groups in total. The van der Waals surface area contributed by atoms with Gasteiger partial charge in [-0.2, -0.15) is 0 Å². The molecule has 2 rings (SSSR count). The largest absolute Gasteiger partial charge is 0.481 e. The van der Waals surface area contributed by atoms with Crippen LogP contribution in [-0.4, -0.2) is 24.2 Å². The molecule has 0 bridgehead atoms. The number of aromatic nitrogens is 1. The third-order valence-corrected chi connectivity index (χ3v) is 2.86. The van der Waals surface area contributed by atoms with Crippen LogP contribution in [0.5, 0.6) is 5.88 Å². The van der Waals surface area contributed by atoms with E-state index in [1.807, 2.05) is 12.3 Å². The molecule has 3 heteroatoms. The Morgan fingerprint density at radius 2 is 2.13 bits per heavy atom. The van der Waals surface area contributed by atoms with Gasteiger partial charge in [0.25, 0.3) is 0 Å². The van der Waals surface area contributed by atoms with Gasteiger partial charge in [0.15, 0.2) is 0 Å². The number of ether oxygens (including phenoxy) is 1. The topological polar surface area (TPSA) is 25.4 Å². The smallest absolute Gasteiger partial charge is 0.213 e. The van der Waals surface area contributed by atoms with Crippen LogP contribution < -0.4 is 9.64 Å². The summed E-state index contributed by atoms with van der Waals surface area (Å²) < 4.78 is 5.13. The molecule has 0 spiro atoms. The monoisotopic (exact) mass is 206 g/mol. The van der Waals surface area contributed by atoms with Crippen molar-refractivity contribution in [2.24, 2.45) is 0 Å². The normalized spacial score (nSPS) is 15.3. The molecule has 0 saturated carbocycles. The van der Waals surface area contributed by atoms with Crippen LogP contribution >= 0.6 is 0 Å². The molecule has 82 valence electrons. The molecule has 2 heterocycles. The minimum Gasteiger partial charge on any atom is -0.481 e. The number of hydrogen-bond acceptors (Lipinski definition) is 3. The first-order valence-corrected chi connectivity index (χ1v) is 5.33. The molecule has 0 atom stereocenters. The van der Waals surface area contributed by atoms with E-state index in [-0.39, 0.29) is 5.54 Å². The van der Waals surface area contributed by atoms with Crippen molar-refractivity contribution < 1.29 is 4.74 Å². The minimum absolute atomic E-state index is 0.168. The molecule has 3 nitrogen and oxygen atoms in total. The van der Waals surface area contributed by atoms with Crippen molar-refractivity contribution in [2.75, 3.05) is 18.6 Å². The minimum atomic E-state index is 0.168. The molecule has 15 heavy (non-hydrogen) atoms. The van der Waals surface area contributed by atoms with Crippen molar-refractivity contribution in [1.82, 2.24) is 4.98 Å². The van der Waals surface area contributed by atoms with Crippen LogP contribution in [0.4, 0.5) is 5.69 Å². The Morgan fingerprint density at radius 3 is 2.73 bits per heavy atom. The first-order valence-electron chi connectivity index (χ1n) is 5.33. The molecule has 0 fully saturated rings. The van der Waals surface area contributed by atoms with Gasteiger partial charge in [-0.05, 0) is 32.8 Å². The van der Waals surface area contributed by atoms with Crippen LogP contribution in [0, 0.1) is 0 Å². The highest BCUT2D eigenvalue weighted by molar-refractivity contribution is 5.59. The van der Waals surface area contributed by atoms with Crippen molar-refractivity contribution >= 4 is 5.69 Å². The molecule has 1 aliphatic rings. The summed E-state index contributed by atoms with van der Waals surface area (Å²) >= 11 is 0. The SMILES string of the molecule is COc1cc2c(cn1)N(C(C)(C)C)CC2. The van der Waals surface area contributed by atoms with E-state index in [1.165, 1.54) is 11.3 Å². The Morgan fingerprint density at radius 1 is 1.40 bits per heavy atom. The van der Waals surface area contributed by atoms with Gasteiger partial charge >= 0.3 is 0 Å². The van der Waals surface area contributed by atoms with Crippen LogP contribution in [0.1, 0.15) is 26.3 Å². The molecule has 0 unspecified atom stereocenters. The number of anilines is 1. The van der Waals surface area contributed by atoms with Gasteiger partial charge in [0.2, 0.25) is 5.88 Å². The Labute approximate surface area is 91.1 Å². The van der Waals surface area contributed by atoms with Gasteiger partial charge in [-0.3, -0.25) is 0 Å². The molecular weight excluding hydrogens is 188 g/mol. The third-order valence-electron chi connectivity index (χ3n) is 2.86. The standard InChI is InChI=1S/C12H18N2O/c1-12(2,3)14-6-5-9-7-11(15-4)13-8-10(9)14/h7-8H,5-6H2,1-4H3. The van der Waals surface area contributed by atoms with Gasteiger partial charge in [-0.1, -0.05) is 0 Å². The number of hydrogen-bond donors (Lipinski definition) is 0. The van der Waals surface area contributed by atoms with Gasteiger partial charge in [-0.25, -0.2) is 4.98 Å². The number of methoxy groups -OCH3 is 1. The summed E-state index contributed by atoms with van der Waals surface area (Å²) in [7, 11) is 1.66. The van der Waals surface area contributed by atoms with Crippen LogP contribution in [0.3, 0.4) is 0 Å². The number of pyridine rings is 1. The van der Waals surface area contributed by atoms with Crippen molar-refractivity contribution in [1.29, 1.82) is 0 Å². The highest BCUT2D eigenvalue weighted by Crippen LogP contribution is 2.34. The van der Waals surface area contributed by atoms with Crippen LogP contribution in [0.15, 0.2) is 12.3 Å². The quantitative estimate of drug-likeness (QED) is 0.704. The van der Waals surface area contributed by atoms with E-state index < -0.39 is 0 Å². The average molecular weight is 206 g/mol. The molecular formula is C12H18N2O. The number of rotatable bonds is 1. The van der Waals surface area contributed by atoms with Gasteiger partial charge in [0.1, 0.15) is 0 Å². The van der Waals surface area contributed by atoms with E-state index in [2.05, 4.69) is 30.7 Å². The maximum Gasteiger partial charge on any atom is 0.213 e. The van der Waals surface area contributed by atoms with E-state index in [1.54, 1.807) is 7.11 Å². The highest BCUT2D eigenvalue weighted by Gasteiger charge is 2.28. The summed E-state index contributed by atoms with van der Waals surface area (Å²) in [5.41, 5.74) is 2.77. The van der Waals surface area contributed by atoms with Gasteiger partial charge < -0.3 is 9.64 Å². The van der Waals surface area contributed by atoms with Crippen LogP contribution in [-0.2, 0) is 6.42 Å². The maximum atomic E-state index is 5.13. The first kappa shape index (κ1) is 10.3. The molecule has 0 saturated heterocycles. The van der Waals surface area contributed by atoms with E-state index >= 15 is 0 Å². The van der Waals surface area contributed by atoms with Crippen molar-refractivity contribution in [3.8, 4) is 5.88 Å². The summed E-state index contributed by atoms with van der Waals surface area (Å²) in [4.78, 5) is 6.67. The fourth-order valence-electron chi connectivity index (χ4n) is 2.07. The zero-order valence-electron chi connectivity index (χ0n) is 9.87. The van der Waals surface area contributed by atoms with E-state index in [0.717, 1.165) is 13.0 Å². The van der Waals surface area contributed by atoms with E-state index in [0.29, 0.717) is 5.88 Å². The molecule has 1 aromatic heterocycles. The lowest BCUT2D eigenvalue weighted by molar-refractivity contribution is 0.397. The average Bonchev–Trinajstić information content (AvgIpc) is 2.59. The lowest BCUT2D eigenvalue weighted by Gasteiger charge is -2.34. The summed E-state index contributed by atoms with van der Waals surface area (Å²) in [5.74, 6) is 0.713. The Bertz CT molecular complexity index is 368. The van der Waals surface area contributed by atoms with Crippen LogP contribution in [0.25, 0.3) is 0 Å². The van der Waals surface area contributed by atoms with Crippen molar-refractivity contribution in [3.63, 3.8) is 0 Å². The summed E-state index contributed by atoms with van der Waals surface area (Å²) in [6, 6.07) is 2.04. The predicted octanol–water partition coefficient (Wildman–Crippen LogP) is 2.25. The maximum absolute atomic E-state index is 5.13. The fourth-order valence-corrected chi connectivity index (χ4v) is 2.07. The molecule has 0 amide bonds. The van der Waals surface area contributed by atoms with Crippen LogP contribution in [0.2, 0.25) is 0 Å². The Hall–Kier alpha value is -1.25. The van der Waals surface area contributed by atoms with Gasteiger partial charge in [0.05, 0.1) is 19.0 Å². The number of nitrogens with zero attached hydrogens (tertiary/aromatic N) is 2. The lowest BCUT2D eigenvalue weighted by atomic mass is 10.1. The molecule has 1 aromatic rings. The Balaban J connectivity index is 2.36. The third kappa shape index (κ3) is 1.78. The molecule has 0 aromatic carbocycles. The summed E-state index contributed by atoms with van der Waals surface area (Å²) in [6.45, 7) is 7.76. The second kappa shape index (κ2) is 3.40. The summed E-state index contributed by atoms with van der Waals surface area (Å²) in [5, 5.41) is 0. The van der Waals surface area contributed by atoms with Gasteiger partial charge in [0, 0.05) is 18.2 Å². The summed E-state index contributed by atoms with van der Waals surface area (Å²) in [6.07, 6.45) is 3.01. The number of fused-ring (bicyclic) bond motifs is 1. The predicted molar refractivity (Wildman–Crippen MR) is 61.6 cm³/mol. The lowest BCUT2D eigenvalue weighted by Crippen LogP contribution is -2.40.